The van der Waals surface area contributed by atoms with E-state index in [2.05, 4.69) is 10.2 Å². The molecule has 0 aliphatic rings. The molecule has 0 unspecified atom stereocenters. The minimum Gasteiger partial charge on any atom is -0.423 e. The van der Waals surface area contributed by atoms with Crippen molar-refractivity contribution in [3.8, 4) is 11.5 Å². The molecular weight excluding hydrogens is 222 g/mol. The Labute approximate surface area is 88.6 Å². The van der Waals surface area contributed by atoms with Crippen LogP contribution in [0.1, 0.15) is 0 Å². The third-order valence-electron chi connectivity index (χ3n) is 1.75. The predicted molar refractivity (Wildman–Crippen MR) is 51.4 cm³/mol. The minimum atomic E-state index is -0.518. The molecule has 0 radical (unpaired) electrons. The summed E-state index contributed by atoms with van der Waals surface area (Å²) in [6.07, 6.45) is 1.13. The van der Waals surface area contributed by atoms with Crippen LogP contribution >= 0.6 is 11.6 Å². The Morgan fingerprint density at radius 1 is 1.47 bits per heavy atom. The number of nitro groups is 1. The van der Waals surface area contributed by atoms with Gasteiger partial charge in [0.1, 0.15) is 0 Å². The molecule has 6 nitrogen and oxygen atoms in total. The zero-order valence-electron chi connectivity index (χ0n) is 7.25. The molecule has 0 bridgehead atoms. The predicted octanol–water partition coefficient (Wildman–Crippen LogP) is 2.30. The quantitative estimate of drug-likeness (QED) is 0.578. The van der Waals surface area contributed by atoms with Crippen LogP contribution in [0.15, 0.2) is 29.0 Å². The molecule has 1 aromatic heterocycles. The average molecular weight is 226 g/mol. The van der Waals surface area contributed by atoms with Crippen molar-refractivity contribution in [1.82, 2.24) is 10.2 Å². The Kier molecular flexibility index (Phi) is 2.34. The van der Waals surface area contributed by atoms with Crippen molar-refractivity contribution in [2.24, 2.45) is 0 Å². The van der Waals surface area contributed by atoms with Gasteiger partial charge < -0.3 is 4.42 Å². The van der Waals surface area contributed by atoms with Crippen molar-refractivity contribution in [2.45, 2.75) is 0 Å². The monoisotopic (exact) mass is 225 g/mol. The molecule has 15 heavy (non-hydrogen) atoms. The van der Waals surface area contributed by atoms with Crippen molar-refractivity contribution in [3.05, 3.63) is 39.7 Å². The lowest BCUT2D eigenvalue weighted by Gasteiger charge is -1.98. The number of hydrogen-bond acceptors (Lipinski definition) is 5. The van der Waals surface area contributed by atoms with Gasteiger partial charge in [-0.3, -0.25) is 10.1 Å². The molecule has 0 aliphatic carbocycles. The van der Waals surface area contributed by atoms with E-state index >= 15 is 0 Å². The maximum absolute atomic E-state index is 10.5. The van der Waals surface area contributed by atoms with E-state index in [0.29, 0.717) is 10.6 Å². The van der Waals surface area contributed by atoms with Crippen LogP contribution in [-0.2, 0) is 0 Å². The Hall–Kier alpha value is -1.95. The van der Waals surface area contributed by atoms with Gasteiger partial charge in [0, 0.05) is 12.1 Å². The van der Waals surface area contributed by atoms with Crippen LogP contribution in [0.5, 0.6) is 0 Å². The van der Waals surface area contributed by atoms with E-state index in [9.17, 15) is 10.1 Å². The molecule has 0 spiro atoms. The second kappa shape index (κ2) is 3.66. The first kappa shape index (κ1) is 9.60. The summed E-state index contributed by atoms with van der Waals surface area (Å²) in [5.74, 6) is 0.156. The highest BCUT2D eigenvalue weighted by atomic mass is 35.5. The van der Waals surface area contributed by atoms with E-state index in [0.717, 1.165) is 6.39 Å². The minimum absolute atomic E-state index is 0.0763. The highest BCUT2D eigenvalue weighted by molar-refractivity contribution is 6.33. The molecule has 0 aliphatic heterocycles. The van der Waals surface area contributed by atoms with Gasteiger partial charge >= 0.3 is 0 Å². The highest BCUT2D eigenvalue weighted by Gasteiger charge is 2.14. The van der Waals surface area contributed by atoms with Crippen LogP contribution < -0.4 is 0 Å². The first-order chi connectivity index (χ1) is 7.18. The molecular formula is C8H4ClN3O3. The molecule has 0 fully saturated rings. The van der Waals surface area contributed by atoms with Crippen molar-refractivity contribution in [2.75, 3.05) is 0 Å². The van der Waals surface area contributed by atoms with Gasteiger partial charge in [0.25, 0.3) is 5.69 Å². The van der Waals surface area contributed by atoms with Crippen LogP contribution in [-0.4, -0.2) is 15.1 Å². The zero-order chi connectivity index (χ0) is 10.8. The molecule has 0 saturated heterocycles. The highest BCUT2D eigenvalue weighted by Crippen LogP contribution is 2.29. The number of nitrogens with zero attached hydrogens (tertiary/aromatic N) is 3. The molecule has 0 N–H and O–H groups in total. The van der Waals surface area contributed by atoms with Gasteiger partial charge in [0.15, 0.2) is 0 Å². The summed E-state index contributed by atoms with van der Waals surface area (Å²) in [6, 6.07) is 4.01. The molecule has 2 aromatic rings. The lowest BCUT2D eigenvalue weighted by atomic mass is 10.2. The Balaban J connectivity index is 2.55. The summed E-state index contributed by atoms with van der Waals surface area (Å²) in [6.45, 7) is 0. The van der Waals surface area contributed by atoms with Crippen LogP contribution in [0.3, 0.4) is 0 Å². The number of benzene rings is 1. The second-order valence-corrected chi connectivity index (χ2v) is 3.07. The number of halogens is 1. The van der Waals surface area contributed by atoms with Crippen LogP contribution in [0.4, 0.5) is 5.69 Å². The summed E-state index contributed by atoms with van der Waals surface area (Å²) in [4.78, 5) is 10.0. The topological polar surface area (TPSA) is 82.1 Å². The van der Waals surface area contributed by atoms with E-state index in [1.165, 1.54) is 18.2 Å². The fourth-order valence-corrected chi connectivity index (χ4v) is 1.28. The summed E-state index contributed by atoms with van der Waals surface area (Å²) in [5, 5.41) is 17.9. The van der Waals surface area contributed by atoms with Crippen molar-refractivity contribution >= 4 is 17.3 Å². The SMILES string of the molecule is O=[N+]([O-])c1ccc(Cl)c(-c2nnco2)c1. The van der Waals surface area contributed by atoms with Gasteiger partial charge in [0.2, 0.25) is 12.3 Å². The van der Waals surface area contributed by atoms with Gasteiger partial charge in [-0.1, -0.05) is 11.6 Å². The van der Waals surface area contributed by atoms with Gasteiger partial charge in [-0.2, -0.15) is 0 Å². The summed E-state index contributed by atoms with van der Waals surface area (Å²) < 4.78 is 4.91. The van der Waals surface area contributed by atoms with Gasteiger partial charge in [0.05, 0.1) is 15.5 Å². The van der Waals surface area contributed by atoms with E-state index in [1.807, 2.05) is 0 Å². The normalized spacial score (nSPS) is 10.2. The third kappa shape index (κ3) is 1.79. The van der Waals surface area contributed by atoms with Gasteiger partial charge in [-0.15, -0.1) is 10.2 Å². The first-order valence-electron chi connectivity index (χ1n) is 3.89. The van der Waals surface area contributed by atoms with E-state index in [1.54, 1.807) is 0 Å². The lowest BCUT2D eigenvalue weighted by molar-refractivity contribution is -0.384. The average Bonchev–Trinajstić information content (AvgIpc) is 2.71. The number of rotatable bonds is 2. The maximum Gasteiger partial charge on any atom is 0.270 e. The van der Waals surface area contributed by atoms with E-state index < -0.39 is 4.92 Å². The standard InChI is InChI=1S/C8H4ClN3O3/c9-7-2-1-5(12(13)14)3-6(7)8-11-10-4-15-8/h1-4H. The maximum atomic E-state index is 10.5. The van der Waals surface area contributed by atoms with E-state index in [4.69, 9.17) is 16.0 Å². The zero-order valence-corrected chi connectivity index (χ0v) is 8.01. The van der Waals surface area contributed by atoms with E-state index in [-0.39, 0.29) is 11.6 Å². The lowest BCUT2D eigenvalue weighted by Crippen LogP contribution is -1.89. The molecule has 1 aromatic carbocycles. The fraction of sp³-hybridized carbons (Fsp3) is 0. The summed E-state index contributed by atoms with van der Waals surface area (Å²) in [5.41, 5.74) is 0.274. The molecule has 2 rings (SSSR count). The number of aromatic nitrogens is 2. The van der Waals surface area contributed by atoms with Gasteiger partial charge in [-0.05, 0) is 6.07 Å². The fourth-order valence-electron chi connectivity index (χ4n) is 1.08. The van der Waals surface area contributed by atoms with Crippen molar-refractivity contribution in [1.29, 1.82) is 0 Å². The van der Waals surface area contributed by atoms with Crippen LogP contribution in [0.25, 0.3) is 11.5 Å². The smallest absolute Gasteiger partial charge is 0.270 e. The van der Waals surface area contributed by atoms with Crippen LogP contribution in [0.2, 0.25) is 5.02 Å². The number of nitro benzene ring substituents is 1. The van der Waals surface area contributed by atoms with Crippen molar-refractivity contribution in [3.63, 3.8) is 0 Å². The van der Waals surface area contributed by atoms with Gasteiger partial charge in [-0.25, -0.2) is 0 Å². The Bertz CT molecular complexity index is 498. The first-order valence-corrected chi connectivity index (χ1v) is 4.27. The molecule has 0 atom stereocenters. The second-order valence-electron chi connectivity index (χ2n) is 2.67. The Morgan fingerprint density at radius 2 is 2.27 bits per heavy atom. The summed E-state index contributed by atoms with van der Waals surface area (Å²) >= 11 is 5.84. The molecule has 7 heteroatoms. The van der Waals surface area contributed by atoms with Crippen LogP contribution in [0, 0.1) is 10.1 Å². The third-order valence-corrected chi connectivity index (χ3v) is 2.08. The number of non-ortho nitro benzene ring substituents is 1. The summed E-state index contributed by atoms with van der Waals surface area (Å²) in [7, 11) is 0. The molecule has 0 saturated carbocycles. The molecule has 76 valence electrons. The number of hydrogen-bond donors (Lipinski definition) is 0. The largest absolute Gasteiger partial charge is 0.423 e. The molecule has 1 heterocycles. The Morgan fingerprint density at radius 3 is 2.87 bits per heavy atom. The van der Waals surface area contributed by atoms with Crippen molar-refractivity contribution < 1.29 is 9.34 Å². The molecule has 0 amide bonds.